The van der Waals surface area contributed by atoms with Crippen LogP contribution < -0.4 is 10.2 Å². The fourth-order valence-corrected chi connectivity index (χ4v) is 2.11. The Kier molecular flexibility index (Phi) is 6.38. The fraction of sp³-hybridized carbons (Fsp3) is 0.200. The number of hydrogen-bond acceptors (Lipinski definition) is 6. The van der Waals surface area contributed by atoms with Gasteiger partial charge in [0.1, 0.15) is 5.75 Å². The van der Waals surface area contributed by atoms with Gasteiger partial charge in [0.05, 0.1) is 18.6 Å². The maximum Gasteiger partial charge on any atom is 0.250 e. The molecule has 1 aromatic carbocycles. The van der Waals surface area contributed by atoms with E-state index in [4.69, 9.17) is 4.74 Å². The van der Waals surface area contributed by atoms with Crippen molar-refractivity contribution in [1.82, 2.24) is 15.4 Å². The molecule has 1 aromatic heterocycles. The number of ether oxygens (including phenoxy) is 1. The van der Waals surface area contributed by atoms with E-state index in [1.54, 1.807) is 24.7 Å². The minimum atomic E-state index is -0.209. The average molecular weight is 316 g/mol. The van der Waals surface area contributed by atoms with Crippen LogP contribution in [0.2, 0.25) is 0 Å². The molecule has 2 rings (SSSR count). The number of thioether (sulfide) groups is 1. The van der Waals surface area contributed by atoms with Crippen LogP contribution in [0.3, 0.4) is 0 Å². The van der Waals surface area contributed by atoms with Crippen molar-refractivity contribution >= 4 is 23.9 Å². The molecular formula is C15H16N4O2S. The summed E-state index contributed by atoms with van der Waals surface area (Å²) >= 11 is 1.26. The zero-order valence-electron chi connectivity index (χ0n) is 12.1. The van der Waals surface area contributed by atoms with Gasteiger partial charge in [-0.05, 0) is 42.8 Å². The maximum atomic E-state index is 11.6. The SMILES string of the molecule is CCOc1ccc(C=NNC(=O)CSc2ncccn2)cc1. The molecule has 0 atom stereocenters. The van der Waals surface area contributed by atoms with Crippen LogP contribution in [0.5, 0.6) is 5.75 Å². The average Bonchev–Trinajstić information content (AvgIpc) is 2.56. The molecule has 0 aliphatic heterocycles. The largest absolute Gasteiger partial charge is 0.494 e. The van der Waals surface area contributed by atoms with E-state index in [1.807, 2.05) is 31.2 Å². The quantitative estimate of drug-likeness (QED) is 0.366. The third kappa shape index (κ3) is 5.53. The minimum Gasteiger partial charge on any atom is -0.494 e. The number of nitrogens with one attached hydrogen (secondary N) is 1. The maximum absolute atomic E-state index is 11.6. The van der Waals surface area contributed by atoms with Gasteiger partial charge >= 0.3 is 0 Å². The first kappa shape index (κ1) is 16.0. The molecule has 22 heavy (non-hydrogen) atoms. The number of carbonyl (C=O) groups excluding carboxylic acids is 1. The Balaban J connectivity index is 1.75. The molecule has 0 saturated heterocycles. The molecule has 0 unspecified atom stereocenters. The van der Waals surface area contributed by atoms with E-state index in [-0.39, 0.29) is 11.7 Å². The van der Waals surface area contributed by atoms with Gasteiger partial charge in [-0.15, -0.1) is 0 Å². The molecule has 0 fully saturated rings. The lowest BCUT2D eigenvalue weighted by Gasteiger charge is -2.02. The van der Waals surface area contributed by atoms with Gasteiger partial charge in [0.15, 0.2) is 5.16 Å². The van der Waals surface area contributed by atoms with Crippen LogP contribution in [0.15, 0.2) is 53.0 Å². The molecule has 0 aliphatic carbocycles. The Morgan fingerprint density at radius 3 is 2.73 bits per heavy atom. The number of hydrazone groups is 1. The second-order valence-corrected chi connectivity index (χ2v) is 5.06. The topological polar surface area (TPSA) is 76.5 Å². The van der Waals surface area contributed by atoms with Crippen LogP contribution in [0.4, 0.5) is 0 Å². The van der Waals surface area contributed by atoms with Gasteiger partial charge < -0.3 is 4.74 Å². The second kappa shape index (κ2) is 8.78. The molecule has 0 aliphatic rings. The summed E-state index contributed by atoms with van der Waals surface area (Å²) in [4.78, 5) is 19.7. The second-order valence-electron chi connectivity index (χ2n) is 4.12. The highest BCUT2D eigenvalue weighted by Gasteiger charge is 2.02. The van der Waals surface area contributed by atoms with Crippen molar-refractivity contribution in [2.75, 3.05) is 12.4 Å². The van der Waals surface area contributed by atoms with Gasteiger partial charge in [-0.3, -0.25) is 4.79 Å². The van der Waals surface area contributed by atoms with Crippen molar-refractivity contribution in [2.45, 2.75) is 12.1 Å². The van der Waals surface area contributed by atoms with E-state index in [9.17, 15) is 4.79 Å². The van der Waals surface area contributed by atoms with Crippen molar-refractivity contribution in [3.05, 3.63) is 48.3 Å². The molecule has 1 heterocycles. The number of carbonyl (C=O) groups is 1. The lowest BCUT2D eigenvalue weighted by Crippen LogP contribution is -2.19. The zero-order valence-corrected chi connectivity index (χ0v) is 12.9. The Morgan fingerprint density at radius 2 is 2.05 bits per heavy atom. The van der Waals surface area contributed by atoms with Crippen molar-refractivity contribution in [2.24, 2.45) is 5.10 Å². The summed E-state index contributed by atoms with van der Waals surface area (Å²) in [6, 6.07) is 9.18. The van der Waals surface area contributed by atoms with Gasteiger partial charge in [0.2, 0.25) is 0 Å². The van der Waals surface area contributed by atoms with E-state index in [2.05, 4.69) is 20.5 Å². The van der Waals surface area contributed by atoms with E-state index in [0.29, 0.717) is 11.8 Å². The highest BCUT2D eigenvalue weighted by Crippen LogP contribution is 2.11. The highest BCUT2D eigenvalue weighted by atomic mass is 32.2. The lowest BCUT2D eigenvalue weighted by molar-refractivity contribution is -0.118. The van der Waals surface area contributed by atoms with Crippen molar-refractivity contribution in [3.63, 3.8) is 0 Å². The minimum absolute atomic E-state index is 0.209. The summed E-state index contributed by atoms with van der Waals surface area (Å²) in [7, 11) is 0. The predicted molar refractivity (Wildman–Crippen MR) is 86.1 cm³/mol. The molecule has 0 saturated carbocycles. The Hall–Kier alpha value is -2.41. The number of hydrogen-bond donors (Lipinski definition) is 1. The van der Waals surface area contributed by atoms with Gasteiger partial charge in [0, 0.05) is 12.4 Å². The summed E-state index contributed by atoms with van der Waals surface area (Å²) in [5.74, 6) is 0.813. The van der Waals surface area contributed by atoms with E-state index in [1.165, 1.54) is 11.8 Å². The van der Waals surface area contributed by atoms with Gasteiger partial charge in [-0.25, -0.2) is 15.4 Å². The van der Waals surface area contributed by atoms with Gasteiger partial charge in [-0.2, -0.15) is 5.10 Å². The number of aromatic nitrogens is 2. The third-order valence-electron chi connectivity index (χ3n) is 2.47. The van der Waals surface area contributed by atoms with Crippen LogP contribution in [0, 0.1) is 0 Å². The van der Waals surface area contributed by atoms with Crippen molar-refractivity contribution in [1.29, 1.82) is 0 Å². The zero-order chi connectivity index (χ0) is 15.6. The summed E-state index contributed by atoms with van der Waals surface area (Å²) < 4.78 is 5.35. The first-order valence-corrected chi connectivity index (χ1v) is 7.71. The Bertz CT molecular complexity index is 617. The van der Waals surface area contributed by atoms with Crippen molar-refractivity contribution in [3.8, 4) is 5.75 Å². The first-order valence-electron chi connectivity index (χ1n) is 6.72. The number of amides is 1. The molecular weight excluding hydrogens is 300 g/mol. The summed E-state index contributed by atoms with van der Waals surface area (Å²) in [5.41, 5.74) is 3.34. The van der Waals surface area contributed by atoms with E-state index < -0.39 is 0 Å². The fourth-order valence-electron chi connectivity index (χ4n) is 1.52. The van der Waals surface area contributed by atoms with Crippen LogP contribution in [-0.2, 0) is 4.79 Å². The molecule has 6 nitrogen and oxygen atoms in total. The van der Waals surface area contributed by atoms with Gasteiger partial charge in [-0.1, -0.05) is 11.8 Å². The smallest absolute Gasteiger partial charge is 0.250 e. The van der Waals surface area contributed by atoms with Crippen LogP contribution >= 0.6 is 11.8 Å². The molecule has 7 heteroatoms. The first-order chi connectivity index (χ1) is 10.8. The monoisotopic (exact) mass is 316 g/mol. The number of nitrogens with zero attached hydrogens (tertiary/aromatic N) is 3. The third-order valence-corrected chi connectivity index (χ3v) is 3.34. The van der Waals surface area contributed by atoms with Gasteiger partial charge in [0.25, 0.3) is 5.91 Å². The molecule has 1 N–H and O–H groups in total. The lowest BCUT2D eigenvalue weighted by atomic mass is 10.2. The summed E-state index contributed by atoms with van der Waals surface area (Å²) in [6.07, 6.45) is 4.85. The summed E-state index contributed by atoms with van der Waals surface area (Å²) in [6.45, 7) is 2.57. The van der Waals surface area contributed by atoms with E-state index >= 15 is 0 Å². The van der Waals surface area contributed by atoms with Crippen molar-refractivity contribution < 1.29 is 9.53 Å². The van der Waals surface area contributed by atoms with Crippen LogP contribution in [0.25, 0.3) is 0 Å². The highest BCUT2D eigenvalue weighted by molar-refractivity contribution is 7.99. The predicted octanol–water partition coefficient (Wildman–Crippen LogP) is 2.12. The summed E-state index contributed by atoms with van der Waals surface area (Å²) in [5, 5.41) is 4.47. The molecule has 0 bridgehead atoms. The molecule has 2 aromatic rings. The molecule has 0 radical (unpaired) electrons. The molecule has 1 amide bonds. The normalized spacial score (nSPS) is 10.6. The number of rotatable bonds is 7. The molecule has 0 spiro atoms. The molecule has 114 valence electrons. The standard InChI is InChI=1S/C15H16N4O2S/c1-2-21-13-6-4-12(5-7-13)10-18-19-14(20)11-22-15-16-8-3-9-17-15/h3-10H,2,11H2,1H3,(H,19,20). The van der Waals surface area contributed by atoms with Crippen LogP contribution in [-0.4, -0.2) is 34.4 Å². The Labute approximate surface area is 133 Å². The van der Waals surface area contributed by atoms with Crippen LogP contribution in [0.1, 0.15) is 12.5 Å². The Morgan fingerprint density at radius 1 is 1.32 bits per heavy atom. The van der Waals surface area contributed by atoms with E-state index in [0.717, 1.165) is 11.3 Å². The number of benzene rings is 1.